The number of aliphatic imine (C=N–C) groups is 1. The summed E-state index contributed by atoms with van der Waals surface area (Å²) in [6, 6.07) is 30.4. The third-order valence-electron chi connectivity index (χ3n) is 6.47. The standard InChI is InChI=1S/C32H31N3O2S/c1-4-37-29-17-15-28(16-18-29)35-23(2)19-27(24(35)3)20-30-31(36)34(22-26-13-9-6-10-14-26)32(38-30)33-21-25-11-7-5-8-12-25/h5-20H,4,21-22H2,1-3H3/b30-20-,33-32?. The summed E-state index contributed by atoms with van der Waals surface area (Å²) in [6.07, 6.45) is 2.00. The molecule has 1 saturated heterocycles. The van der Waals surface area contributed by atoms with Crippen LogP contribution < -0.4 is 4.74 Å². The fourth-order valence-corrected chi connectivity index (χ4v) is 5.57. The summed E-state index contributed by atoms with van der Waals surface area (Å²) >= 11 is 1.45. The van der Waals surface area contributed by atoms with E-state index in [1.54, 1.807) is 4.90 Å². The Morgan fingerprint density at radius 1 is 0.895 bits per heavy atom. The Morgan fingerprint density at radius 2 is 1.55 bits per heavy atom. The van der Waals surface area contributed by atoms with Crippen LogP contribution in [0.3, 0.4) is 0 Å². The number of amides is 1. The number of carbonyl (C=O) groups excluding carboxylic acids is 1. The lowest BCUT2D eigenvalue weighted by Crippen LogP contribution is -2.28. The number of rotatable bonds is 8. The number of aromatic nitrogens is 1. The molecule has 1 amide bonds. The molecule has 0 radical (unpaired) electrons. The highest BCUT2D eigenvalue weighted by molar-refractivity contribution is 8.18. The average Bonchev–Trinajstić information content (AvgIpc) is 3.39. The molecule has 1 fully saturated rings. The average molecular weight is 522 g/mol. The van der Waals surface area contributed by atoms with Crippen molar-refractivity contribution in [2.45, 2.75) is 33.9 Å². The van der Waals surface area contributed by atoms with Crippen molar-refractivity contribution in [2.24, 2.45) is 4.99 Å². The zero-order valence-corrected chi connectivity index (χ0v) is 22.7. The molecule has 192 valence electrons. The van der Waals surface area contributed by atoms with Gasteiger partial charge in [-0.05, 0) is 85.6 Å². The Labute approximate surface area is 228 Å². The van der Waals surface area contributed by atoms with Crippen molar-refractivity contribution in [1.29, 1.82) is 0 Å². The molecule has 5 rings (SSSR count). The highest BCUT2D eigenvalue weighted by Crippen LogP contribution is 2.35. The van der Waals surface area contributed by atoms with Gasteiger partial charge >= 0.3 is 0 Å². The minimum atomic E-state index is -0.0171. The molecule has 5 nitrogen and oxygen atoms in total. The molecule has 1 aliphatic rings. The SMILES string of the molecule is CCOc1ccc(-n2c(C)cc(/C=C3\SC(=NCc4ccccc4)N(Cc4ccccc4)C3=O)c2C)cc1. The number of carbonyl (C=O) groups is 1. The van der Waals surface area contributed by atoms with Crippen molar-refractivity contribution in [3.05, 3.63) is 124 Å². The van der Waals surface area contributed by atoms with Gasteiger partial charge in [0.05, 0.1) is 24.6 Å². The number of amidine groups is 1. The van der Waals surface area contributed by atoms with Gasteiger partial charge in [0, 0.05) is 17.1 Å². The van der Waals surface area contributed by atoms with Gasteiger partial charge in [-0.2, -0.15) is 0 Å². The van der Waals surface area contributed by atoms with E-state index >= 15 is 0 Å². The number of benzene rings is 3. The first-order chi connectivity index (χ1) is 18.5. The van der Waals surface area contributed by atoms with Crippen molar-refractivity contribution in [2.75, 3.05) is 6.61 Å². The maximum atomic E-state index is 13.6. The predicted octanol–water partition coefficient (Wildman–Crippen LogP) is 7.17. The number of nitrogens with zero attached hydrogens (tertiary/aromatic N) is 3. The first-order valence-corrected chi connectivity index (χ1v) is 13.6. The van der Waals surface area contributed by atoms with Crippen LogP contribution in [0.25, 0.3) is 11.8 Å². The number of hydrogen-bond acceptors (Lipinski definition) is 4. The fourth-order valence-electron chi connectivity index (χ4n) is 4.60. The number of hydrogen-bond donors (Lipinski definition) is 0. The molecule has 1 aliphatic heterocycles. The summed E-state index contributed by atoms with van der Waals surface area (Å²) in [7, 11) is 0. The topological polar surface area (TPSA) is 46.8 Å². The Kier molecular flexibility index (Phi) is 7.80. The van der Waals surface area contributed by atoms with Crippen LogP contribution in [0.1, 0.15) is 35.0 Å². The second kappa shape index (κ2) is 11.6. The van der Waals surface area contributed by atoms with Crippen LogP contribution in [0.5, 0.6) is 5.75 Å². The van der Waals surface area contributed by atoms with E-state index in [1.165, 1.54) is 11.8 Å². The van der Waals surface area contributed by atoms with Gasteiger partial charge in [-0.15, -0.1) is 0 Å². The third-order valence-corrected chi connectivity index (χ3v) is 7.52. The van der Waals surface area contributed by atoms with Crippen LogP contribution in [-0.2, 0) is 17.9 Å². The molecule has 0 spiro atoms. The van der Waals surface area contributed by atoms with Crippen molar-refractivity contribution in [3.8, 4) is 11.4 Å². The van der Waals surface area contributed by atoms with E-state index in [4.69, 9.17) is 9.73 Å². The minimum Gasteiger partial charge on any atom is -0.494 e. The molecule has 2 heterocycles. The van der Waals surface area contributed by atoms with E-state index in [1.807, 2.05) is 73.7 Å². The summed E-state index contributed by atoms with van der Waals surface area (Å²) in [6.45, 7) is 7.82. The predicted molar refractivity (Wildman–Crippen MR) is 157 cm³/mol. The van der Waals surface area contributed by atoms with Gasteiger partial charge in [0.15, 0.2) is 5.17 Å². The molecule has 4 aromatic rings. The molecular weight excluding hydrogens is 490 g/mol. The quantitative estimate of drug-likeness (QED) is 0.231. The normalized spacial score (nSPS) is 15.6. The van der Waals surface area contributed by atoms with Gasteiger partial charge in [-0.1, -0.05) is 60.7 Å². The molecule has 0 atom stereocenters. The van der Waals surface area contributed by atoms with E-state index in [-0.39, 0.29) is 5.91 Å². The highest BCUT2D eigenvalue weighted by atomic mass is 32.2. The molecule has 38 heavy (non-hydrogen) atoms. The molecule has 0 unspecified atom stereocenters. The molecule has 0 saturated carbocycles. The minimum absolute atomic E-state index is 0.0171. The number of ether oxygens (including phenoxy) is 1. The molecular formula is C32H31N3O2S. The maximum absolute atomic E-state index is 13.6. The lowest BCUT2D eigenvalue weighted by Gasteiger charge is -2.15. The Bertz CT molecular complexity index is 1470. The van der Waals surface area contributed by atoms with E-state index in [0.717, 1.165) is 44.7 Å². The lowest BCUT2D eigenvalue weighted by molar-refractivity contribution is -0.122. The first-order valence-electron chi connectivity index (χ1n) is 12.8. The second-order valence-electron chi connectivity index (χ2n) is 9.16. The van der Waals surface area contributed by atoms with Crippen molar-refractivity contribution in [1.82, 2.24) is 9.47 Å². The van der Waals surface area contributed by atoms with Gasteiger partial charge in [0.2, 0.25) is 0 Å². The summed E-state index contributed by atoms with van der Waals surface area (Å²) in [5.74, 6) is 0.839. The van der Waals surface area contributed by atoms with E-state index in [2.05, 4.69) is 48.7 Å². The molecule has 6 heteroatoms. The largest absolute Gasteiger partial charge is 0.494 e. The zero-order chi connectivity index (χ0) is 26.5. The Morgan fingerprint density at radius 3 is 2.21 bits per heavy atom. The van der Waals surface area contributed by atoms with Crippen LogP contribution in [-0.4, -0.2) is 27.1 Å². The Balaban J connectivity index is 1.45. The van der Waals surface area contributed by atoms with Crippen LogP contribution in [0.2, 0.25) is 0 Å². The van der Waals surface area contributed by atoms with Crippen LogP contribution in [0.15, 0.2) is 101 Å². The molecule has 1 aromatic heterocycles. The van der Waals surface area contributed by atoms with E-state index in [9.17, 15) is 4.79 Å². The van der Waals surface area contributed by atoms with E-state index < -0.39 is 0 Å². The summed E-state index contributed by atoms with van der Waals surface area (Å²) in [5.41, 5.74) is 6.46. The van der Waals surface area contributed by atoms with Crippen molar-refractivity contribution >= 4 is 28.9 Å². The van der Waals surface area contributed by atoms with Gasteiger partial charge in [0.1, 0.15) is 5.75 Å². The summed E-state index contributed by atoms with van der Waals surface area (Å²) < 4.78 is 7.81. The van der Waals surface area contributed by atoms with Crippen LogP contribution in [0.4, 0.5) is 0 Å². The first kappa shape index (κ1) is 25.6. The smallest absolute Gasteiger partial charge is 0.267 e. The monoisotopic (exact) mass is 521 g/mol. The van der Waals surface area contributed by atoms with Crippen LogP contribution >= 0.6 is 11.8 Å². The fraction of sp³-hybridized carbons (Fsp3) is 0.188. The highest BCUT2D eigenvalue weighted by Gasteiger charge is 2.33. The zero-order valence-electron chi connectivity index (χ0n) is 21.9. The van der Waals surface area contributed by atoms with Gasteiger partial charge in [0.25, 0.3) is 5.91 Å². The molecule has 3 aromatic carbocycles. The van der Waals surface area contributed by atoms with Crippen molar-refractivity contribution < 1.29 is 9.53 Å². The van der Waals surface area contributed by atoms with Gasteiger partial charge < -0.3 is 9.30 Å². The number of thioether (sulfide) groups is 1. The Hall–Kier alpha value is -4.03. The second-order valence-corrected chi connectivity index (χ2v) is 10.2. The van der Waals surface area contributed by atoms with Crippen molar-refractivity contribution in [3.63, 3.8) is 0 Å². The van der Waals surface area contributed by atoms with Crippen LogP contribution in [0, 0.1) is 13.8 Å². The third kappa shape index (κ3) is 5.60. The lowest BCUT2D eigenvalue weighted by atomic mass is 10.2. The van der Waals surface area contributed by atoms with Gasteiger partial charge in [-0.3, -0.25) is 14.7 Å². The molecule has 0 aliphatic carbocycles. The van der Waals surface area contributed by atoms with E-state index in [0.29, 0.717) is 24.6 Å². The van der Waals surface area contributed by atoms with Gasteiger partial charge in [-0.25, -0.2) is 0 Å². The summed E-state index contributed by atoms with van der Waals surface area (Å²) in [5, 5.41) is 0.731. The maximum Gasteiger partial charge on any atom is 0.267 e. The number of aryl methyl sites for hydroxylation is 1. The summed E-state index contributed by atoms with van der Waals surface area (Å²) in [4.78, 5) is 21.0. The molecule has 0 bridgehead atoms. The molecule has 0 N–H and O–H groups in total.